The van der Waals surface area contributed by atoms with Crippen molar-refractivity contribution in [2.75, 3.05) is 12.5 Å². The quantitative estimate of drug-likeness (QED) is 0.292. The molecule has 8 heteroatoms. The third-order valence-corrected chi connectivity index (χ3v) is 7.43. The number of nitrogens with one attached hydrogen (secondary N) is 1. The van der Waals surface area contributed by atoms with E-state index in [1.54, 1.807) is 24.3 Å². The molecule has 1 atom stereocenters. The summed E-state index contributed by atoms with van der Waals surface area (Å²) in [5, 5.41) is 3.26. The minimum atomic E-state index is -3.45. The largest absolute Gasteiger partial charge is 0.482 e. The first-order valence-electron chi connectivity index (χ1n) is 10.7. The molecule has 0 aliphatic heterocycles. The van der Waals surface area contributed by atoms with Crippen LogP contribution in [-0.4, -0.2) is 32.5 Å². The molecular formula is C24H30INO5S. The van der Waals surface area contributed by atoms with Gasteiger partial charge in [0.05, 0.1) is 4.90 Å². The van der Waals surface area contributed by atoms with Crippen LogP contribution in [0.1, 0.15) is 57.2 Å². The molecule has 1 N–H and O–H groups in total. The second kappa shape index (κ2) is 10.5. The molecule has 174 valence electrons. The Kier molecular flexibility index (Phi) is 8.21. The maximum absolute atomic E-state index is 12.8. The molecule has 3 rings (SSSR count). The van der Waals surface area contributed by atoms with Gasteiger partial charge in [-0.3, -0.25) is 5.32 Å². The number of sulfone groups is 1. The summed E-state index contributed by atoms with van der Waals surface area (Å²) < 4.78 is 37.7. The molecule has 0 bridgehead atoms. The zero-order valence-electron chi connectivity index (χ0n) is 18.7. The van der Waals surface area contributed by atoms with E-state index in [1.807, 2.05) is 39.0 Å². The van der Waals surface area contributed by atoms with E-state index >= 15 is 0 Å². The number of hydrogen-bond acceptors (Lipinski definition) is 6. The number of benzene rings is 2. The van der Waals surface area contributed by atoms with Gasteiger partial charge in [-0.2, -0.15) is 0 Å². The van der Waals surface area contributed by atoms with Crippen LogP contribution in [-0.2, 0) is 25.8 Å². The van der Waals surface area contributed by atoms with Crippen molar-refractivity contribution in [3.05, 3.63) is 57.2 Å². The van der Waals surface area contributed by atoms with Crippen molar-refractivity contribution in [2.24, 2.45) is 0 Å². The molecule has 0 amide bonds. The second-order valence-electron chi connectivity index (χ2n) is 8.91. The summed E-state index contributed by atoms with van der Waals surface area (Å²) in [5.74, 6) is 0.102. The number of hydrogen-bond donors (Lipinski definition) is 1. The Morgan fingerprint density at radius 1 is 1.12 bits per heavy atom. The summed E-state index contributed by atoms with van der Waals surface area (Å²) in [5.41, 5.74) is 1.49. The third-order valence-electron chi connectivity index (χ3n) is 5.17. The van der Waals surface area contributed by atoms with Gasteiger partial charge in [0.25, 0.3) is 0 Å². The van der Waals surface area contributed by atoms with E-state index in [4.69, 9.17) is 9.47 Å². The molecule has 0 saturated carbocycles. The zero-order valence-corrected chi connectivity index (χ0v) is 21.7. The molecule has 2 aromatic carbocycles. The van der Waals surface area contributed by atoms with Crippen molar-refractivity contribution in [1.29, 1.82) is 0 Å². The maximum Gasteiger partial charge on any atom is 0.344 e. The second-order valence-corrected chi connectivity index (χ2v) is 12.1. The maximum atomic E-state index is 12.8. The number of esters is 1. The molecule has 32 heavy (non-hydrogen) atoms. The van der Waals surface area contributed by atoms with E-state index in [1.165, 1.54) is 0 Å². The first kappa shape index (κ1) is 25.0. The summed E-state index contributed by atoms with van der Waals surface area (Å²) in [6, 6.07) is 12.5. The lowest BCUT2D eigenvalue weighted by Gasteiger charge is -2.22. The van der Waals surface area contributed by atoms with Gasteiger partial charge < -0.3 is 9.47 Å². The van der Waals surface area contributed by atoms with E-state index < -0.39 is 21.4 Å². The predicted molar refractivity (Wildman–Crippen MR) is 132 cm³/mol. The van der Waals surface area contributed by atoms with E-state index in [-0.39, 0.29) is 18.5 Å². The van der Waals surface area contributed by atoms with Crippen LogP contribution in [0.3, 0.4) is 0 Å². The van der Waals surface area contributed by atoms with E-state index in [9.17, 15) is 13.2 Å². The zero-order chi connectivity index (χ0) is 23.4. The number of halogens is 1. The van der Waals surface area contributed by atoms with Crippen molar-refractivity contribution in [1.82, 2.24) is 5.32 Å². The Morgan fingerprint density at radius 3 is 2.53 bits per heavy atom. The molecule has 2 aromatic rings. The lowest BCUT2D eigenvalue weighted by Crippen LogP contribution is -2.28. The van der Waals surface area contributed by atoms with E-state index in [0.29, 0.717) is 10.6 Å². The summed E-state index contributed by atoms with van der Waals surface area (Å²) in [7, 11) is -3.45. The molecule has 1 aliphatic carbocycles. The highest BCUT2D eigenvalue weighted by atomic mass is 127. The Morgan fingerprint density at radius 2 is 1.84 bits per heavy atom. The van der Waals surface area contributed by atoms with Crippen molar-refractivity contribution < 1.29 is 22.7 Å². The Labute approximate surface area is 204 Å². The van der Waals surface area contributed by atoms with Crippen LogP contribution in [0.4, 0.5) is 0 Å². The van der Waals surface area contributed by atoms with Crippen LogP contribution in [0.15, 0.2) is 47.4 Å². The van der Waals surface area contributed by atoms with Crippen LogP contribution in [0.25, 0.3) is 0 Å². The van der Waals surface area contributed by atoms with E-state index in [0.717, 1.165) is 40.4 Å². The van der Waals surface area contributed by atoms with Crippen molar-refractivity contribution >= 4 is 38.4 Å². The molecule has 0 fully saturated rings. The van der Waals surface area contributed by atoms with Gasteiger partial charge in [-0.15, -0.1) is 0 Å². The molecule has 0 radical (unpaired) electrons. The Balaban J connectivity index is 1.73. The average Bonchev–Trinajstić information content (AvgIpc) is 2.92. The Bertz CT molecular complexity index is 1050. The third kappa shape index (κ3) is 6.92. The van der Waals surface area contributed by atoms with Crippen LogP contribution in [0.5, 0.6) is 5.75 Å². The van der Waals surface area contributed by atoms with Crippen LogP contribution < -0.4 is 10.1 Å². The highest BCUT2D eigenvalue weighted by Gasteiger charge is 2.24. The Hall–Kier alpha value is -1.65. The van der Waals surface area contributed by atoms with Gasteiger partial charge in [-0.05, 0) is 104 Å². The number of carbonyl (C=O) groups is 1. The topological polar surface area (TPSA) is 81.7 Å². The standard InChI is InChI=1S/C24H30INO5S/c1-24(2,3)31-23(27)15-30-22-10-6-8-19-20(22)7-4-5-9-21(19)26-16-32(28,29)18-13-11-17(25)12-14-18/h6,8,10-14,21,26H,4-5,7,9,15-16H2,1-3H3. The van der Waals surface area contributed by atoms with Crippen molar-refractivity contribution in [3.8, 4) is 5.75 Å². The highest BCUT2D eigenvalue weighted by molar-refractivity contribution is 14.1. The lowest BCUT2D eigenvalue weighted by molar-refractivity contribution is -0.157. The predicted octanol–water partition coefficient (Wildman–Crippen LogP) is 4.80. The van der Waals surface area contributed by atoms with Gasteiger partial charge >= 0.3 is 5.97 Å². The van der Waals surface area contributed by atoms with Crippen LogP contribution in [0.2, 0.25) is 0 Å². The molecule has 1 unspecified atom stereocenters. The van der Waals surface area contributed by atoms with Crippen molar-refractivity contribution in [2.45, 2.75) is 63.0 Å². The average molecular weight is 571 g/mol. The molecule has 6 nitrogen and oxygen atoms in total. The number of carbonyl (C=O) groups excluding carboxylic acids is 1. The number of fused-ring (bicyclic) bond motifs is 1. The summed E-state index contributed by atoms with van der Waals surface area (Å²) >= 11 is 2.15. The van der Waals surface area contributed by atoms with Crippen molar-refractivity contribution in [3.63, 3.8) is 0 Å². The van der Waals surface area contributed by atoms with Gasteiger partial charge in [0.2, 0.25) is 0 Å². The minimum absolute atomic E-state index is 0.101. The van der Waals surface area contributed by atoms with Crippen LogP contribution in [0, 0.1) is 3.57 Å². The molecular weight excluding hydrogens is 541 g/mol. The summed E-state index contributed by atoms with van der Waals surface area (Å²) in [6.07, 6.45) is 3.61. The first-order chi connectivity index (χ1) is 15.0. The molecule has 0 saturated heterocycles. The van der Waals surface area contributed by atoms with Crippen LogP contribution >= 0.6 is 22.6 Å². The number of ether oxygens (including phenoxy) is 2. The SMILES string of the molecule is CC(C)(C)OC(=O)COc1cccc2c1CCCCC2NCS(=O)(=O)c1ccc(I)cc1. The molecule has 0 aromatic heterocycles. The minimum Gasteiger partial charge on any atom is -0.482 e. The normalized spacial score (nSPS) is 16.7. The molecule has 1 aliphatic rings. The number of rotatable bonds is 7. The smallest absolute Gasteiger partial charge is 0.344 e. The fourth-order valence-electron chi connectivity index (χ4n) is 3.77. The van der Waals surface area contributed by atoms with Gasteiger partial charge in [0.15, 0.2) is 16.4 Å². The summed E-state index contributed by atoms with van der Waals surface area (Å²) in [6.45, 7) is 5.30. The molecule has 0 heterocycles. The van der Waals surface area contributed by atoms with E-state index in [2.05, 4.69) is 27.9 Å². The van der Waals surface area contributed by atoms with Gasteiger partial charge in [-0.1, -0.05) is 18.6 Å². The van der Waals surface area contributed by atoms with Gasteiger partial charge in [0, 0.05) is 9.61 Å². The summed E-state index contributed by atoms with van der Waals surface area (Å²) in [4.78, 5) is 12.4. The molecule has 0 spiro atoms. The monoisotopic (exact) mass is 571 g/mol. The first-order valence-corrected chi connectivity index (χ1v) is 13.5. The fourth-order valence-corrected chi connectivity index (χ4v) is 5.27. The fraction of sp³-hybridized carbons (Fsp3) is 0.458. The highest BCUT2D eigenvalue weighted by Crippen LogP contribution is 2.34. The van der Waals surface area contributed by atoms with Gasteiger partial charge in [0.1, 0.15) is 17.2 Å². The van der Waals surface area contributed by atoms with Gasteiger partial charge in [-0.25, -0.2) is 13.2 Å². The lowest BCUT2D eigenvalue weighted by atomic mass is 9.98.